The van der Waals surface area contributed by atoms with E-state index in [-0.39, 0.29) is 0 Å². The van der Waals surface area contributed by atoms with Crippen LogP contribution in [0.2, 0.25) is 0 Å². The molecule has 1 heteroatoms. The van der Waals surface area contributed by atoms with Crippen LogP contribution in [0.1, 0.15) is 70.4 Å². The lowest BCUT2D eigenvalue weighted by molar-refractivity contribution is 0.150. The van der Waals surface area contributed by atoms with Crippen molar-refractivity contribution in [2.75, 3.05) is 0 Å². The normalized spacial score (nSPS) is 13.3. The zero-order valence-electron chi connectivity index (χ0n) is 13.9. The van der Waals surface area contributed by atoms with E-state index < -0.39 is 6.10 Å². The van der Waals surface area contributed by atoms with Crippen LogP contribution >= 0.6 is 0 Å². The Bertz CT molecular complexity index is 435. The average molecular weight is 286 g/mol. The molecule has 0 spiro atoms. The molecule has 1 N–H and O–H groups in total. The summed E-state index contributed by atoms with van der Waals surface area (Å²) in [5.74, 6) is 6.45. The minimum absolute atomic E-state index is 0.307. The van der Waals surface area contributed by atoms with Crippen LogP contribution in [0.4, 0.5) is 0 Å². The Morgan fingerprint density at radius 3 is 2.24 bits per heavy atom. The van der Waals surface area contributed by atoms with E-state index >= 15 is 0 Å². The Morgan fingerprint density at radius 2 is 1.67 bits per heavy atom. The first-order chi connectivity index (χ1) is 10.2. The summed E-state index contributed by atoms with van der Waals surface area (Å²) in [5, 5.41) is 10.2. The van der Waals surface area contributed by atoms with E-state index in [1.54, 1.807) is 0 Å². The highest BCUT2D eigenvalue weighted by molar-refractivity contribution is 5.37. The lowest BCUT2D eigenvalue weighted by Gasteiger charge is -2.16. The summed E-state index contributed by atoms with van der Waals surface area (Å²) >= 11 is 0. The van der Waals surface area contributed by atoms with Crippen LogP contribution in [0.5, 0.6) is 0 Å². The zero-order chi connectivity index (χ0) is 15.5. The van der Waals surface area contributed by atoms with Crippen LogP contribution in [-0.2, 0) is 6.42 Å². The molecule has 2 atom stereocenters. The molecule has 0 fully saturated rings. The molecule has 0 aliphatic carbocycles. The van der Waals surface area contributed by atoms with Gasteiger partial charge in [0.15, 0.2) is 0 Å². The van der Waals surface area contributed by atoms with E-state index in [4.69, 9.17) is 0 Å². The van der Waals surface area contributed by atoms with Gasteiger partial charge in [-0.1, -0.05) is 64.0 Å². The summed E-state index contributed by atoms with van der Waals surface area (Å²) in [6, 6.07) is 8.44. The number of unbranched alkanes of at least 4 members (excludes halogenated alkanes) is 2. The molecular weight excluding hydrogens is 256 g/mol. The lowest BCUT2D eigenvalue weighted by Crippen LogP contribution is -2.17. The van der Waals surface area contributed by atoms with E-state index in [1.165, 1.54) is 31.2 Å². The second-order valence-electron chi connectivity index (χ2n) is 5.83. The monoisotopic (exact) mass is 286 g/mol. The van der Waals surface area contributed by atoms with Crippen molar-refractivity contribution in [3.8, 4) is 11.8 Å². The van der Waals surface area contributed by atoms with Crippen molar-refractivity contribution in [3.63, 3.8) is 0 Å². The van der Waals surface area contributed by atoms with Crippen LogP contribution in [0.25, 0.3) is 0 Å². The Balaban J connectivity index is 2.59. The molecule has 0 bridgehead atoms. The number of aryl methyl sites for hydroxylation is 1. The highest BCUT2D eigenvalue weighted by atomic mass is 16.3. The number of aliphatic hydroxyl groups excluding tert-OH is 1. The number of rotatable bonds is 8. The molecule has 0 aliphatic rings. The number of benzene rings is 1. The first-order valence-corrected chi connectivity index (χ1v) is 8.49. The molecule has 0 heterocycles. The van der Waals surface area contributed by atoms with Crippen LogP contribution < -0.4 is 0 Å². The van der Waals surface area contributed by atoms with Gasteiger partial charge in [-0.15, -0.1) is 0 Å². The second-order valence-corrected chi connectivity index (χ2v) is 5.83. The van der Waals surface area contributed by atoms with Gasteiger partial charge in [-0.25, -0.2) is 0 Å². The van der Waals surface area contributed by atoms with Crippen molar-refractivity contribution < 1.29 is 5.11 Å². The van der Waals surface area contributed by atoms with Crippen LogP contribution in [0, 0.1) is 17.8 Å². The second kappa shape index (κ2) is 10.5. The first kappa shape index (κ1) is 17.8. The summed E-state index contributed by atoms with van der Waals surface area (Å²) in [5.41, 5.74) is 2.37. The Morgan fingerprint density at radius 1 is 1.00 bits per heavy atom. The van der Waals surface area contributed by atoms with Crippen molar-refractivity contribution in [1.29, 1.82) is 0 Å². The van der Waals surface area contributed by atoms with Gasteiger partial charge in [-0.2, -0.15) is 0 Å². The number of aliphatic hydroxyl groups is 1. The van der Waals surface area contributed by atoms with Crippen molar-refractivity contribution >= 4 is 0 Å². The quantitative estimate of drug-likeness (QED) is 0.670. The van der Waals surface area contributed by atoms with Gasteiger partial charge in [0.05, 0.1) is 0 Å². The number of hydrogen-bond acceptors (Lipinski definition) is 1. The third-order valence-electron chi connectivity index (χ3n) is 4.04. The summed E-state index contributed by atoms with van der Waals surface area (Å²) in [6.45, 7) is 6.53. The molecule has 0 aromatic heterocycles. The van der Waals surface area contributed by atoms with E-state index in [0.29, 0.717) is 5.92 Å². The molecule has 1 aromatic carbocycles. The van der Waals surface area contributed by atoms with Gasteiger partial charge >= 0.3 is 0 Å². The van der Waals surface area contributed by atoms with Gasteiger partial charge in [0, 0.05) is 5.56 Å². The molecule has 1 aromatic rings. The minimum atomic E-state index is -0.499. The fourth-order valence-electron chi connectivity index (χ4n) is 2.46. The summed E-state index contributed by atoms with van der Waals surface area (Å²) < 4.78 is 0. The minimum Gasteiger partial charge on any atom is -0.380 e. The molecule has 0 amide bonds. The molecule has 0 aliphatic heterocycles. The summed E-state index contributed by atoms with van der Waals surface area (Å²) in [6.07, 6.45) is 7.51. The average Bonchev–Trinajstić information content (AvgIpc) is 2.52. The molecule has 1 nitrogen and oxygen atoms in total. The summed E-state index contributed by atoms with van der Waals surface area (Å²) in [7, 11) is 0. The maximum atomic E-state index is 10.2. The fraction of sp³-hybridized carbons (Fsp3) is 0.600. The molecule has 0 saturated heterocycles. The van der Waals surface area contributed by atoms with E-state index in [9.17, 15) is 5.11 Å². The molecule has 0 radical (unpaired) electrons. The molecule has 116 valence electrons. The molecule has 21 heavy (non-hydrogen) atoms. The Hall–Kier alpha value is -1.26. The first-order valence-electron chi connectivity index (χ1n) is 8.49. The predicted octanol–water partition coefficient (Wildman–Crippen LogP) is 4.96. The molecular formula is C20H30O. The van der Waals surface area contributed by atoms with Gasteiger partial charge in [0.1, 0.15) is 6.10 Å². The predicted molar refractivity (Wildman–Crippen MR) is 91.2 cm³/mol. The maximum absolute atomic E-state index is 10.2. The largest absolute Gasteiger partial charge is 0.380 e. The highest BCUT2D eigenvalue weighted by Gasteiger charge is 2.14. The van der Waals surface area contributed by atoms with Gasteiger partial charge in [0.2, 0.25) is 0 Å². The third kappa shape index (κ3) is 6.82. The van der Waals surface area contributed by atoms with Gasteiger partial charge in [-0.05, 0) is 49.3 Å². The van der Waals surface area contributed by atoms with Gasteiger partial charge < -0.3 is 5.11 Å². The smallest absolute Gasteiger partial charge is 0.117 e. The van der Waals surface area contributed by atoms with Crippen LogP contribution in [0.3, 0.4) is 0 Å². The van der Waals surface area contributed by atoms with E-state index in [2.05, 4.69) is 56.9 Å². The van der Waals surface area contributed by atoms with Gasteiger partial charge in [-0.3, -0.25) is 0 Å². The maximum Gasteiger partial charge on any atom is 0.117 e. The number of hydrogen-bond donors (Lipinski definition) is 1. The molecule has 2 unspecified atom stereocenters. The van der Waals surface area contributed by atoms with Crippen LogP contribution in [0.15, 0.2) is 24.3 Å². The van der Waals surface area contributed by atoms with Crippen molar-refractivity contribution in [2.45, 2.75) is 71.8 Å². The highest BCUT2D eigenvalue weighted by Crippen LogP contribution is 2.16. The fourth-order valence-corrected chi connectivity index (χ4v) is 2.46. The van der Waals surface area contributed by atoms with Gasteiger partial charge in [0.25, 0.3) is 0 Å². The van der Waals surface area contributed by atoms with E-state index in [1.807, 2.05) is 0 Å². The van der Waals surface area contributed by atoms with Crippen molar-refractivity contribution in [2.24, 2.45) is 5.92 Å². The Labute approximate surface area is 130 Å². The SMILES string of the molecule is CCCCc1ccc(C#CC(O)C(CC)CCCC)cc1. The topological polar surface area (TPSA) is 20.2 Å². The molecule has 0 saturated carbocycles. The zero-order valence-corrected chi connectivity index (χ0v) is 13.9. The van der Waals surface area contributed by atoms with Crippen molar-refractivity contribution in [1.82, 2.24) is 0 Å². The standard InChI is InChI=1S/C20H30O/c1-4-7-9-17-11-13-18(14-12-17)15-16-20(21)19(6-3)10-8-5-2/h11-14,19-21H,4-10H2,1-3H3. The van der Waals surface area contributed by atoms with E-state index in [0.717, 1.165) is 24.8 Å². The Kier molecular flexibility index (Phi) is 8.87. The van der Waals surface area contributed by atoms with Crippen LogP contribution in [-0.4, -0.2) is 11.2 Å². The van der Waals surface area contributed by atoms with Crippen molar-refractivity contribution in [3.05, 3.63) is 35.4 Å². The lowest BCUT2D eigenvalue weighted by atomic mass is 9.93. The summed E-state index contributed by atoms with van der Waals surface area (Å²) in [4.78, 5) is 0. The molecule has 1 rings (SSSR count). The third-order valence-corrected chi connectivity index (χ3v) is 4.04.